The van der Waals surface area contributed by atoms with E-state index in [1.807, 2.05) is 47.5 Å². The van der Waals surface area contributed by atoms with Crippen molar-refractivity contribution in [2.24, 2.45) is 0 Å². The van der Waals surface area contributed by atoms with E-state index in [0.717, 1.165) is 41.0 Å². The van der Waals surface area contributed by atoms with Gasteiger partial charge in [0, 0.05) is 22.8 Å². The minimum absolute atomic E-state index is 0.00731. The number of carbonyl (C=O) groups is 2. The number of aryl methyl sites for hydroxylation is 1. The number of amides is 2. The summed E-state index contributed by atoms with van der Waals surface area (Å²) in [4.78, 5) is 31.3. The van der Waals surface area contributed by atoms with Crippen LogP contribution in [-0.2, 0) is 4.79 Å². The van der Waals surface area contributed by atoms with Crippen LogP contribution in [0.2, 0.25) is 5.02 Å². The van der Waals surface area contributed by atoms with Gasteiger partial charge in [-0.2, -0.15) is 0 Å². The van der Waals surface area contributed by atoms with Crippen molar-refractivity contribution in [1.29, 1.82) is 0 Å². The second-order valence-electron chi connectivity index (χ2n) is 9.55. The number of benzene rings is 3. The molecule has 0 N–H and O–H groups in total. The molecule has 0 bridgehead atoms. The van der Waals surface area contributed by atoms with Crippen LogP contribution in [0.1, 0.15) is 46.1 Å². The fourth-order valence-electron chi connectivity index (χ4n) is 5.18. The van der Waals surface area contributed by atoms with Crippen molar-refractivity contribution in [3.63, 3.8) is 0 Å². The van der Waals surface area contributed by atoms with Crippen LogP contribution in [0.3, 0.4) is 0 Å². The summed E-state index contributed by atoms with van der Waals surface area (Å²) in [5.74, 6) is -0.266. The normalized spacial score (nSPS) is 16.3. The molecule has 36 heavy (non-hydrogen) atoms. The zero-order chi connectivity index (χ0) is 24.8. The number of halogens is 1. The van der Waals surface area contributed by atoms with Gasteiger partial charge in [-0.3, -0.25) is 14.5 Å². The molecule has 2 amide bonds. The molecule has 1 aliphatic carbocycles. The van der Waals surface area contributed by atoms with Gasteiger partial charge in [-0.25, -0.2) is 0 Å². The molecule has 1 aliphatic heterocycles. The van der Waals surface area contributed by atoms with Gasteiger partial charge >= 0.3 is 0 Å². The minimum atomic E-state index is -0.301. The van der Waals surface area contributed by atoms with Crippen LogP contribution >= 0.6 is 11.6 Å². The van der Waals surface area contributed by atoms with E-state index in [-0.39, 0.29) is 30.4 Å². The van der Waals surface area contributed by atoms with E-state index in [0.29, 0.717) is 10.6 Å². The number of nitrogens with zero attached hydrogens (tertiary/aromatic N) is 3. The van der Waals surface area contributed by atoms with Crippen molar-refractivity contribution in [2.45, 2.75) is 31.8 Å². The molecule has 1 saturated carbocycles. The molecule has 0 saturated heterocycles. The van der Waals surface area contributed by atoms with Crippen molar-refractivity contribution < 1.29 is 9.59 Å². The Hall–Kier alpha value is -3.83. The van der Waals surface area contributed by atoms with E-state index < -0.39 is 0 Å². The third kappa shape index (κ3) is 3.99. The smallest absolute Gasteiger partial charge is 0.254 e. The number of para-hydroxylation sites is 2. The SMILES string of the molecule is Cc1cccc(C2c3cccn3-c3ccccc3N2C(=O)CN(C(=O)c2cccc(Cl)c2)C2CC2)c1. The largest absolute Gasteiger partial charge is 0.326 e. The van der Waals surface area contributed by atoms with Crippen LogP contribution in [0, 0.1) is 6.92 Å². The van der Waals surface area contributed by atoms with E-state index >= 15 is 0 Å². The molecule has 4 aromatic rings. The van der Waals surface area contributed by atoms with Crippen molar-refractivity contribution in [1.82, 2.24) is 9.47 Å². The van der Waals surface area contributed by atoms with Crippen LogP contribution in [0.25, 0.3) is 5.69 Å². The molecule has 2 aliphatic rings. The van der Waals surface area contributed by atoms with Gasteiger partial charge in [-0.15, -0.1) is 0 Å². The molecule has 180 valence electrons. The summed E-state index contributed by atoms with van der Waals surface area (Å²) < 4.78 is 2.15. The zero-order valence-electron chi connectivity index (χ0n) is 20.0. The van der Waals surface area contributed by atoms with Crippen molar-refractivity contribution >= 4 is 29.1 Å². The highest BCUT2D eigenvalue weighted by Crippen LogP contribution is 2.42. The van der Waals surface area contributed by atoms with Crippen LogP contribution in [0.15, 0.2) is 91.1 Å². The van der Waals surface area contributed by atoms with Gasteiger partial charge in [0.1, 0.15) is 12.6 Å². The quantitative estimate of drug-likeness (QED) is 0.332. The fourth-order valence-corrected chi connectivity index (χ4v) is 5.37. The van der Waals surface area contributed by atoms with Gasteiger partial charge in [0.05, 0.1) is 17.1 Å². The molecule has 6 heteroatoms. The molecule has 1 atom stereocenters. The third-order valence-corrected chi connectivity index (χ3v) is 7.21. The summed E-state index contributed by atoms with van der Waals surface area (Å²) in [7, 11) is 0. The van der Waals surface area contributed by atoms with Crippen LogP contribution < -0.4 is 4.90 Å². The van der Waals surface area contributed by atoms with E-state index in [1.165, 1.54) is 0 Å². The molecule has 5 nitrogen and oxygen atoms in total. The van der Waals surface area contributed by atoms with Crippen molar-refractivity contribution in [2.75, 3.05) is 11.4 Å². The fraction of sp³-hybridized carbons (Fsp3) is 0.200. The maximum atomic E-state index is 14.2. The molecule has 0 radical (unpaired) electrons. The molecule has 6 rings (SSSR count). The Labute approximate surface area is 215 Å². The molecule has 0 spiro atoms. The van der Waals surface area contributed by atoms with E-state index in [9.17, 15) is 9.59 Å². The van der Waals surface area contributed by atoms with Gasteiger partial charge in [-0.05, 0) is 67.8 Å². The van der Waals surface area contributed by atoms with Crippen LogP contribution in [0.5, 0.6) is 0 Å². The zero-order valence-corrected chi connectivity index (χ0v) is 20.7. The topological polar surface area (TPSA) is 45.6 Å². The molecule has 2 heterocycles. The summed E-state index contributed by atoms with van der Waals surface area (Å²) in [6.07, 6.45) is 3.85. The highest BCUT2D eigenvalue weighted by Gasteiger charge is 2.40. The van der Waals surface area contributed by atoms with Gasteiger partial charge in [0.25, 0.3) is 5.91 Å². The molecular formula is C30H26ClN3O2. The first-order valence-corrected chi connectivity index (χ1v) is 12.6. The lowest BCUT2D eigenvalue weighted by Gasteiger charge is -2.39. The average Bonchev–Trinajstić information content (AvgIpc) is 3.61. The molecule has 1 fully saturated rings. The maximum Gasteiger partial charge on any atom is 0.254 e. The number of fused-ring (bicyclic) bond motifs is 3. The number of anilines is 1. The number of hydrogen-bond acceptors (Lipinski definition) is 2. The summed E-state index contributed by atoms with van der Waals surface area (Å²) in [6.45, 7) is 2.07. The first-order valence-electron chi connectivity index (χ1n) is 12.2. The number of rotatable bonds is 5. The van der Waals surface area contributed by atoms with E-state index in [4.69, 9.17) is 11.6 Å². The van der Waals surface area contributed by atoms with E-state index in [1.54, 1.807) is 29.2 Å². The summed E-state index contributed by atoms with van der Waals surface area (Å²) in [6, 6.07) is 27.0. The lowest BCUT2D eigenvalue weighted by molar-refractivity contribution is -0.119. The Bertz CT molecular complexity index is 1470. The summed E-state index contributed by atoms with van der Waals surface area (Å²) in [5.41, 5.74) is 5.49. The summed E-state index contributed by atoms with van der Waals surface area (Å²) >= 11 is 6.16. The number of aromatic nitrogens is 1. The number of hydrogen-bond donors (Lipinski definition) is 0. The first-order chi connectivity index (χ1) is 17.5. The molecule has 3 aromatic carbocycles. The Kier molecular flexibility index (Phi) is 5.65. The lowest BCUT2D eigenvalue weighted by atomic mass is 9.96. The molecular weight excluding hydrogens is 470 g/mol. The lowest BCUT2D eigenvalue weighted by Crippen LogP contribution is -2.47. The van der Waals surface area contributed by atoms with Crippen LogP contribution in [0.4, 0.5) is 5.69 Å². The minimum Gasteiger partial charge on any atom is -0.326 e. The Morgan fingerprint density at radius 3 is 2.44 bits per heavy atom. The van der Waals surface area contributed by atoms with Crippen molar-refractivity contribution in [3.8, 4) is 5.69 Å². The first kappa shape index (κ1) is 22.6. The number of carbonyl (C=O) groups excluding carboxylic acids is 2. The highest BCUT2D eigenvalue weighted by atomic mass is 35.5. The average molecular weight is 496 g/mol. The molecule has 1 unspecified atom stereocenters. The second kappa shape index (κ2) is 8.99. The Morgan fingerprint density at radius 2 is 1.69 bits per heavy atom. The third-order valence-electron chi connectivity index (χ3n) is 6.97. The predicted molar refractivity (Wildman–Crippen MR) is 142 cm³/mol. The summed E-state index contributed by atoms with van der Waals surface area (Å²) in [5, 5.41) is 0.508. The van der Waals surface area contributed by atoms with Crippen molar-refractivity contribution in [3.05, 3.63) is 119 Å². The second-order valence-corrected chi connectivity index (χ2v) is 9.98. The standard InChI is InChI=1S/C30H26ClN3O2/c1-20-7-4-8-21(17-20)29-27-13-6-16-32(27)25-11-2-3-12-26(25)34(29)28(35)19-33(24-14-15-24)30(36)22-9-5-10-23(31)18-22/h2-13,16-18,24,29H,14-15,19H2,1H3. The van der Waals surface area contributed by atoms with E-state index in [2.05, 4.69) is 35.8 Å². The van der Waals surface area contributed by atoms with Gasteiger partial charge in [-0.1, -0.05) is 59.6 Å². The van der Waals surface area contributed by atoms with Gasteiger partial charge < -0.3 is 9.47 Å². The van der Waals surface area contributed by atoms with Crippen LogP contribution in [-0.4, -0.2) is 33.9 Å². The monoisotopic (exact) mass is 495 g/mol. The predicted octanol–water partition coefficient (Wildman–Crippen LogP) is 6.18. The van der Waals surface area contributed by atoms with Gasteiger partial charge in [0.2, 0.25) is 5.91 Å². The maximum absolute atomic E-state index is 14.2. The Morgan fingerprint density at radius 1 is 0.917 bits per heavy atom. The Balaban J connectivity index is 1.42. The highest BCUT2D eigenvalue weighted by molar-refractivity contribution is 6.31. The molecule has 1 aromatic heterocycles. The van der Waals surface area contributed by atoms with Gasteiger partial charge in [0.15, 0.2) is 0 Å².